The Balaban J connectivity index is 1.84. The Morgan fingerprint density at radius 3 is 2.83 bits per heavy atom. The summed E-state index contributed by atoms with van der Waals surface area (Å²) in [5.41, 5.74) is 0.528. The molecule has 1 aliphatic heterocycles. The number of carbonyl (C=O) groups is 2. The molecule has 0 N–H and O–H groups in total. The van der Waals surface area contributed by atoms with Gasteiger partial charge < -0.3 is 9.64 Å². The lowest BCUT2D eigenvalue weighted by atomic mass is 9.74. The Morgan fingerprint density at radius 1 is 1.46 bits per heavy atom. The Morgan fingerprint density at radius 2 is 2.21 bits per heavy atom. The van der Waals surface area contributed by atoms with Gasteiger partial charge in [-0.2, -0.15) is 0 Å². The number of methoxy groups -OCH3 is 1. The molecular weight excluding hydrogens is 324 g/mol. The maximum atomic E-state index is 12.5. The minimum Gasteiger partial charge on any atom is -0.469 e. The predicted octanol–water partition coefficient (Wildman–Crippen LogP) is 3.21. The fraction of sp³-hybridized carbons (Fsp3) is 0.722. The number of hydrogen-bond donors (Lipinski definition) is 0. The molecule has 0 unspecified atom stereocenters. The molecule has 134 valence electrons. The standard InChI is InChI=1S/C18H28N2O3S/c1-13-19-15(12-24-13)8-5-9-16(21)20-10-6-7-14(11-20)18(2,3)17(22)23-4/h12,14H,5-11H2,1-4H3/t14-/m0/s1. The number of hydrogen-bond acceptors (Lipinski definition) is 5. The number of amides is 1. The van der Waals surface area contributed by atoms with Crippen molar-refractivity contribution >= 4 is 23.2 Å². The molecular formula is C18H28N2O3S. The number of carbonyl (C=O) groups excluding carboxylic acids is 2. The highest BCUT2D eigenvalue weighted by Crippen LogP contribution is 2.35. The third-order valence-electron chi connectivity index (χ3n) is 5.00. The fourth-order valence-corrected chi connectivity index (χ4v) is 3.97. The van der Waals surface area contributed by atoms with E-state index >= 15 is 0 Å². The van der Waals surface area contributed by atoms with Crippen LogP contribution in [0.3, 0.4) is 0 Å². The van der Waals surface area contributed by atoms with Crippen LogP contribution in [0.25, 0.3) is 0 Å². The van der Waals surface area contributed by atoms with Crippen molar-refractivity contribution in [2.24, 2.45) is 11.3 Å². The normalized spacial score (nSPS) is 18.5. The lowest BCUT2D eigenvalue weighted by molar-refractivity contribution is -0.156. The SMILES string of the molecule is COC(=O)C(C)(C)[C@H]1CCCN(C(=O)CCCc2csc(C)n2)C1. The zero-order chi connectivity index (χ0) is 17.7. The van der Waals surface area contributed by atoms with E-state index < -0.39 is 5.41 Å². The predicted molar refractivity (Wildman–Crippen MR) is 94.9 cm³/mol. The van der Waals surface area contributed by atoms with E-state index in [0.717, 1.165) is 42.9 Å². The summed E-state index contributed by atoms with van der Waals surface area (Å²) >= 11 is 1.65. The summed E-state index contributed by atoms with van der Waals surface area (Å²) in [5, 5.41) is 3.13. The topological polar surface area (TPSA) is 59.5 Å². The molecule has 24 heavy (non-hydrogen) atoms. The van der Waals surface area contributed by atoms with Gasteiger partial charge in [0.1, 0.15) is 0 Å². The third kappa shape index (κ3) is 4.56. The first-order valence-corrected chi connectivity index (χ1v) is 9.49. The minimum absolute atomic E-state index is 0.156. The van der Waals surface area contributed by atoms with Gasteiger partial charge in [0.2, 0.25) is 5.91 Å². The molecule has 0 aliphatic carbocycles. The van der Waals surface area contributed by atoms with Gasteiger partial charge in [-0.15, -0.1) is 11.3 Å². The van der Waals surface area contributed by atoms with Crippen molar-refractivity contribution in [2.75, 3.05) is 20.2 Å². The van der Waals surface area contributed by atoms with E-state index in [1.807, 2.05) is 25.7 Å². The number of nitrogens with zero attached hydrogens (tertiary/aromatic N) is 2. The molecule has 1 saturated heterocycles. The molecule has 2 rings (SSSR count). The Hall–Kier alpha value is -1.43. The number of rotatable bonds is 6. The van der Waals surface area contributed by atoms with Crippen LogP contribution in [0.2, 0.25) is 0 Å². The summed E-state index contributed by atoms with van der Waals surface area (Å²) in [4.78, 5) is 30.9. The first-order chi connectivity index (χ1) is 11.3. The third-order valence-corrected chi connectivity index (χ3v) is 5.82. The van der Waals surface area contributed by atoms with Gasteiger partial charge in [-0.05, 0) is 52.4 Å². The molecule has 1 aliphatic rings. The van der Waals surface area contributed by atoms with Gasteiger partial charge in [0, 0.05) is 24.9 Å². The smallest absolute Gasteiger partial charge is 0.311 e. The largest absolute Gasteiger partial charge is 0.469 e. The average Bonchev–Trinajstić information content (AvgIpc) is 2.99. The van der Waals surface area contributed by atoms with E-state index in [1.165, 1.54) is 7.11 Å². The Kier molecular flexibility index (Phi) is 6.38. The van der Waals surface area contributed by atoms with Crippen molar-refractivity contribution < 1.29 is 14.3 Å². The molecule has 0 saturated carbocycles. The van der Waals surface area contributed by atoms with Gasteiger partial charge in [-0.1, -0.05) is 0 Å². The van der Waals surface area contributed by atoms with Gasteiger partial charge in [0.25, 0.3) is 0 Å². The summed E-state index contributed by atoms with van der Waals surface area (Å²) in [6, 6.07) is 0. The summed E-state index contributed by atoms with van der Waals surface area (Å²) in [6.45, 7) is 7.28. The molecule has 0 spiro atoms. The number of thiazole rings is 1. The second kappa shape index (κ2) is 8.10. The summed E-state index contributed by atoms with van der Waals surface area (Å²) < 4.78 is 4.93. The van der Waals surface area contributed by atoms with Gasteiger partial charge in [-0.3, -0.25) is 9.59 Å². The Labute approximate surface area is 148 Å². The number of aromatic nitrogens is 1. The lowest BCUT2D eigenvalue weighted by Gasteiger charge is -2.39. The zero-order valence-corrected chi connectivity index (χ0v) is 15.9. The van der Waals surface area contributed by atoms with Crippen molar-refractivity contribution in [1.29, 1.82) is 0 Å². The minimum atomic E-state index is -0.550. The molecule has 0 bridgehead atoms. The average molecular weight is 352 g/mol. The molecule has 2 heterocycles. The van der Waals surface area contributed by atoms with Crippen LogP contribution in [0, 0.1) is 18.3 Å². The van der Waals surface area contributed by atoms with Crippen molar-refractivity contribution in [3.05, 3.63) is 16.1 Å². The van der Waals surface area contributed by atoms with Crippen LogP contribution >= 0.6 is 11.3 Å². The number of ether oxygens (including phenoxy) is 1. The van der Waals surface area contributed by atoms with Crippen LogP contribution in [0.5, 0.6) is 0 Å². The van der Waals surface area contributed by atoms with E-state index in [-0.39, 0.29) is 17.8 Å². The van der Waals surface area contributed by atoms with Crippen LogP contribution in [-0.4, -0.2) is 42.0 Å². The molecule has 0 radical (unpaired) electrons. The monoisotopic (exact) mass is 352 g/mol. The molecule has 0 aromatic carbocycles. The van der Waals surface area contributed by atoms with Crippen LogP contribution in [0.4, 0.5) is 0 Å². The summed E-state index contributed by atoms with van der Waals surface area (Å²) in [6.07, 6.45) is 4.12. The Bertz CT molecular complexity index is 583. The van der Waals surface area contributed by atoms with Gasteiger partial charge in [0.15, 0.2) is 0 Å². The summed E-state index contributed by atoms with van der Waals surface area (Å²) in [7, 11) is 1.43. The molecule has 1 amide bonds. The molecule has 1 atom stereocenters. The highest BCUT2D eigenvalue weighted by atomic mass is 32.1. The van der Waals surface area contributed by atoms with E-state index in [4.69, 9.17) is 4.74 Å². The van der Waals surface area contributed by atoms with Gasteiger partial charge in [0.05, 0.1) is 23.2 Å². The van der Waals surface area contributed by atoms with E-state index in [9.17, 15) is 9.59 Å². The van der Waals surface area contributed by atoms with Crippen LogP contribution in [0.1, 0.15) is 50.2 Å². The summed E-state index contributed by atoms with van der Waals surface area (Å²) in [5.74, 6) is 0.150. The second-order valence-electron chi connectivity index (χ2n) is 7.10. The van der Waals surface area contributed by atoms with E-state index in [0.29, 0.717) is 13.0 Å². The van der Waals surface area contributed by atoms with Gasteiger partial charge >= 0.3 is 5.97 Å². The lowest BCUT2D eigenvalue weighted by Crippen LogP contribution is -2.47. The quantitative estimate of drug-likeness (QED) is 0.738. The number of esters is 1. The maximum absolute atomic E-state index is 12.5. The number of aryl methyl sites for hydroxylation is 2. The number of piperidine rings is 1. The molecule has 6 heteroatoms. The molecule has 5 nitrogen and oxygen atoms in total. The first-order valence-electron chi connectivity index (χ1n) is 8.61. The van der Waals surface area contributed by atoms with Crippen molar-refractivity contribution in [3.8, 4) is 0 Å². The van der Waals surface area contributed by atoms with E-state index in [2.05, 4.69) is 10.4 Å². The van der Waals surface area contributed by atoms with E-state index in [1.54, 1.807) is 11.3 Å². The number of likely N-dealkylation sites (tertiary alicyclic amines) is 1. The van der Waals surface area contributed by atoms with Gasteiger partial charge in [-0.25, -0.2) is 4.98 Å². The van der Waals surface area contributed by atoms with Crippen LogP contribution in [-0.2, 0) is 20.7 Å². The fourth-order valence-electron chi connectivity index (χ4n) is 3.32. The van der Waals surface area contributed by atoms with Crippen LogP contribution < -0.4 is 0 Å². The maximum Gasteiger partial charge on any atom is 0.311 e. The molecule has 1 fully saturated rings. The van der Waals surface area contributed by atoms with Crippen molar-refractivity contribution in [2.45, 2.75) is 52.9 Å². The second-order valence-corrected chi connectivity index (χ2v) is 8.17. The molecule has 1 aromatic rings. The first kappa shape index (κ1) is 18.9. The highest BCUT2D eigenvalue weighted by molar-refractivity contribution is 7.09. The zero-order valence-electron chi connectivity index (χ0n) is 15.1. The van der Waals surface area contributed by atoms with Crippen molar-refractivity contribution in [3.63, 3.8) is 0 Å². The van der Waals surface area contributed by atoms with Crippen molar-refractivity contribution in [1.82, 2.24) is 9.88 Å². The van der Waals surface area contributed by atoms with Crippen LogP contribution in [0.15, 0.2) is 5.38 Å². The highest BCUT2D eigenvalue weighted by Gasteiger charge is 2.40. The molecule has 1 aromatic heterocycles.